The number of amides is 1. The molecule has 2 saturated heterocycles. The van der Waals surface area contributed by atoms with Crippen LogP contribution in [-0.2, 0) is 9.53 Å². The van der Waals surface area contributed by atoms with Crippen molar-refractivity contribution in [3.8, 4) is 0 Å². The highest BCUT2D eigenvalue weighted by atomic mass is 35.5. The number of piperazine rings is 1. The molecular weight excluding hydrogens is 337 g/mol. The number of hydrogen-bond acceptors (Lipinski definition) is 4. The van der Waals surface area contributed by atoms with Gasteiger partial charge < -0.3 is 15.4 Å². The van der Waals surface area contributed by atoms with E-state index in [9.17, 15) is 4.79 Å². The van der Waals surface area contributed by atoms with Gasteiger partial charge in [-0.05, 0) is 25.7 Å². The Bertz CT molecular complexity index is 332. The summed E-state index contributed by atoms with van der Waals surface area (Å²) in [5.74, 6) is 0.265. The van der Waals surface area contributed by atoms with Crippen LogP contribution in [0.1, 0.15) is 39.5 Å². The summed E-state index contributed by atoms with van der Waals surface area (Å²) >= 11 is 0. The first-order valence-corrected chi connectivity index (χ1v) is 8.48. The summed E-state index contributed by atoms with van der Waals surface area (Å²) in [6.07, 6.45) is 3.92. The van der Waals surface area contributed by atoms with E-state index < -0.39 is 0 Å². The maximum atomic E-state index is 12.8. The van der Waals surface area contributed by atoms with Gasteiger partial charge in [0, 0.05) is 52.0 Å². The van der Waals surface area contributed by atoms with Crippen LogP contribution in [0.25, 0.3) is 0 Å². The lowest BCUT2D eigenvalue weighted by atomic mass is 9.80. The highest BCUT2D eigenvalue weighted by molar-refractivity contribution is 5.85. The molecule has 2 heterocycles. The molecule has 5 nitrogen and oxygen atoms in total. The molecule has 138 valence electrons. The van der Waals surface area contributed by atoms with Crippen molar-refractivity contribution in [2.45, 2.75) is 45.6 Å². The molecule has 0 unspecified atom stereocenters. The molecule has 23 heavy (non-hydrogen) atoms. The van der Waals surface area contributed by atoms with Crippen LogP contribution in [-0.4, -0.2) is 67.7 Å². The zero-order valence-electron chi connectivity index (χ0n) is 14.5. The summed E-state index contributed by atoms with van der Waals surface area (Å²) < 4.78 is 5.43. The van der Waals surface area contributed by atoms with Gasteiger partial charge in [0.1, 0.15) is 0 Å². The van der Waals surface area contributed by atoms with Crippen LogP contribution in [0.2, 0.25) is 0 Å². The van der Waals surface area contributed by atoms with Gasteiger partial charge in [-0.2, -0.15) is 0 Å². The van der Waals surface area contributed by atoms with Crippen molar-refractivity contribution >= 4 is 30.7 Å². The van der Waals surface area contributed by atoms with E-state index in [1.807, 2.05) is 4.90 Å². The Kier molecular flexibility index (Phi) is 10.7. The summed E-state index contributed by atoms with van der Waals surface area (Å²) in [5, 5.41) is 0. The van der Waals surface area contributed by atoms with E-state index in [1.54, 1.807) is 0 Å². The molecule has 0 saturated carbocycles. The molecule has 2 fully saturated rings. The lowest BCUT2D eigenvalue weighted by molar-refractivity contribution is -0.144. The van der Waals surface area contributed by atoms with Crippen molar-refractivity contribution in [2.75, 3.05) is 45.9 Å². The van der Waals surface area contributed by atoms with Gasteiger partial charge in [-0.1, -0.05) is 13.8 Å². The molecule has 0 aliphatic carbocycles. The number of ether oxygens (including phenoxy) is 1. The molecule has 2 aliphatic heterocycles. The SMILES string of the molecule is CCC(CC)(CN)C(=O)N1CCN(C2CCOCC2)CC1.Cl.Cl. The number of rotatable bonds is 5. The van der Waals surface area contributed by atoms with Crippen LogP contribution >= 0.6 is 24.8 Å². The Morgan fingerprint density at radius 3 is 2.04 bits per heavy atom. The van der Waals surface area contributed by atoms with E-state index in [2.05, 4.69) is 18.7 Å². The van der Waals surface area contributed by atoms with Crippen molar-refractivity contribution in [1.82, 2.24) is 9.80 Å². The molecule has 0 spiro atoms. The van der Waals surface area contributed by atoms with E-state index in [0.29, 0.717) is 12.6 Å². The van der Waals surface area contributed by atoms with Crippen molar-refractivity contribution in [1.29, 1.82) is 0 Å². The Hall–Kier alpha value is -0.0700. The van der Waals surface area contributed by atoms with E-state index >= 15 is 0 Å². The fraction of sp³-hybridized carbons (Fsp3) is 0.938. The molecule has 0 bridgehead atoms. The fourth-order valence-corrected chi connectivity index (χ4v) is 3.60. The highest BCUT2D eigenvalue weighted by Crippen LogP contribution is 2.28. The zero-order chi connectivity index (χ0) is 15.3. The summed E-state index contributed by atoms with van der Waals surface area (Å²) in [6, 6.07) is 0.646. The molecule has 2 aliphatic rings. The molecular formula is C16H33Cl2N3O2. The maximum Gasteiger partial charge on any atom is 0.230 e. The van der Waals surface area contributed by atoms with Crippen LogP contribution in [0.5, 0.6) is 0 Å². The third-order valence-electron chi connectivity index (χ3n) is 5.51. The van der Waals surface area contributed by atoms with Crippen LogP contribution in [0, 0.1) is 5.41 Å². The predicted octanol–water partition coefficient (Wildman–Crippen LogP) is 1.92. The van der Waals surface area contributed by atoms with Crippen LogP contribution < -0.4 is 5.73 Å². The number of nitrogens with two attached hydrogens (primary N) is 1. The van der Waals surface area contributed by atoms with E-state index in [-0.39, 0.29) is 36.1 Å². The Labute approximate surface area is 153 Å². The van der Waals surface area contributed by atoms with E-state index in [4.69, 9.17) is 10.5 Å². The standard InChI is InChI=1S/C16H31N3O2.2ClH/c1-3-16(4-2,13-17)15(20)19-9-7-18(8-10-19)14-5-11-21-12-6-14;;/h14H,3-13,17H2,1-2H3;2*1H. The van der Waals surface area contributed by atoms with Gasteiger partial charge in [-0.25, -0.2) is 0 Å². The monoisotopic (exact) mass is 369 g/mol. The first-order chi connectivity index (χ1) is 10.2. The van der Waals surface area contributed by atoms with Crippen LogP contribution in [0.15, 0.2) is 0 Å². The second-order valence-corrected chi connectivity index (χ2v) is 6.36. The van der Waals surface area contributed by atoms with Crippen molar-refractivity contribution in [2.24, 2.45) is 11.1 Å². The topological polar surface area (TPSA) is 58.8 Å². The van der Waals surface area contributed by atoms with Crippen molar-refractivity contribution < 1.29 is 9.53 Å². The second-order valence-electron chi connectivity index (χ2n) is 6.36. The van der Waals surface area contributed by atoms with E-state index in [1.165, 1.54) is 0 Å². The molecule has 2 rings (SSSR count). The van der Waals surface area contributed by atoms with Crippen LogP contribution in [0.3, 0.4) is 0 Å². The lowest BCUT2D eigenvalue weighted by Gasteiger charge is -2.43. The Balaban J connectivity index is 0.00000242. The van der Waals surface area contributed by atoms with Gasteiger partial charge in [0.2, 0.25) is 5.91 Å². The van der Waals surface area contributed by atoms with Crippen molar-refractivity contribution in [3.63, 3.8) is 0 Å². The van der Waals surface area contributed by atoms with Gasteiger partial charge in [-0.15, -0.1) is 24.8 Å². The summed E-state index contributed by atoms with van der Waals surface area (Å²) in [4.78, 5) is 17.4. The quantitative estimate of drug-likeness (QED) is 0.803. The van der Waals surface area contributed by atoms with Crippen LogP contribution in [0.4, 0.5) is 0 Å². The maximum absolute atomic E-state index is 12.8. The minimum atomic E-state index is -0.346. The molecule has 7 heteroatoms. The van der Waals surface area contributed by atoms with Gasteiger partial charge in [0.05, 0.1) is 5.41 Å². The summed E-state index contributed by atoms with van der Waals surface area (Å²) in [7, 11) is 0. The lowest BCUT2D eigenvalue weighted by Crippen LogP contribution is -2.57. The second kappa shape index (κ2) is 10.7. The number of carbonyl (C=O) groups is 1. The first-order valence-electron chi connectivity index (χ1n) is 8.48. The molecule has 0 atom stereocenters. The fourth-order valence-electron chi connectivity index (χ4n) is 3.60. The van der Waals surface area contributed by atoms with Gasteiger partial charge in [0.25, 0.3) is 0 Å². The average Bonchev–Trinajstić information content (AvgIpc) is 2.58. The van der Waals surface area contributed by atoms with Gasteiger partial charge in [-0.3, -0.25) is 9.69 Å². The minimum absolute atomic E-state index is 0. The van der Waals surface area contributed by atoms with E-state index in [0.717, 1.165) is 65.1 Å². The third-order valence-corrected chi connectivity index (χ3v) is 5.51. The molecule has 0 aromatic rings. The highest BCUT2D eigenvalue weighted by Gasteiger charge is 2.38. The molecule has 1 amide bonds. The van der Waals surface area contributed by atoms with Gasteiger partial charge in [0.15, 0.2) is 0 Å². The van der Waals surface area contributed by atoms with Crippen molar-refractivity contribution in [3.05, 3.63) is 0 Å². The number of carbonyl (C=O) groups excluding carboxylic acids is 1. The Morgan fingerprint density at radius 1 is 1.09 bits per heavy atom. The first kappa shape index (κ1) is 22.9. The molecule has 0 aromatic carbocycles. The molecule has 2 N–H and O–H groups in total. The summed E-state index contributed by atoms with van der Waals surface area (Å²) in [6.45, 7) is 10.0. The zero-order valence-corrected chi connectivity index (χ0v) is 16.1. The number of hydrogen-bond donors (Lipinski definition) is 1. The largest absolute Gasteiger partial charge is 0.381 e. The molecule has 0 radical (unpaired) electrons. The Morgan fingerprint density at radius 2 is 1.61 bits per heavy atom. The number of nitrogens with zero attached hydrogens (tertiary/aromatic N) is 2. The minimum Gasteiger partial charge on any atom is -0.381 e. The number of halogens is 2. The molecule has 0 aromatic heterocycles. The smallest absolute Gasteiger partial charge is 0.230 e. The van der Waals surface area contributed by atoms with Gasteiger partial charge >= 0.3 is 0 Å². The third kappa shape index (κ3) is 5.20. The summed E-state index contributed by atoms with van der Waals surface area (Å²) in [5.41, 5.74) is 5.56. The normalized spacial score (nSPS) is 20.6. The average molecular weight is 370 g/mol. The predicted molar refractivity (Wildman–Crippen MR) is 98.6 cm³/mol.